The van der Waals surface area contributed by atoms with Gasteiger partial charge in [0.2, 0.25) is 5.91 Å². The maximum atomic E-state index is 14.0. The van der Waals surface area contributed by atoms with Gasteiger partial charge in [-0.3, -0.25) is 14.4 Å². The molecule has 9 heteroatoms. The number of aliphatic hydroxyl groups excluding tert-OH is 2. The fourth-order valence-corrected chi connectivity index (χ4v) is 8.88. The third-order valence-corrected chi connectivity index (χ3v) is 12.0. The van der Waals surface area contributed by atoms with Gasteiger partial charge in [-0.15, -0.1) is 0 Å². The van der Waals surface area contributed by atoms with Gasteiger partial charge in [0.1, 0.15) is 12.1 Å². The van der Waals surface area contributed by atoms with Crippen LogP contribution in [0.15, 0.2) is 48.5 Å². The van der Waals surface area contributed by atoms with Crippen LogP contribution >= 0.6 is 0 Å². The summed E-state index contributed by atoms with van der Waals surface area (Å²) in [5, 5.41) is 26.0. The molecule has 0 radical (unpaired) electrons. The first-order valence-corrected chi connectivity index (χ1v) is 17.1. The SMILES string of the molecule is CC1[C@@H](NC(=O)C2[C@H]([C@H](C)O)[C@H](CO)ON2Cc2cccc(-c3cccc(C(=O)N4CC[C@H](N(C)C)C4)c3)c2)C[C@H]2C[C@@H]1C2(C)C. The number of benzene rings is 2. The highest BCUT2D eigenvalue weighted by molar-refractivity contribution is 5.95. The molecule has 5 fully saturated rings. The Morgan fingerprint density at radius 2 is 1.83 bits per heavy atom. The lowest BCUT2D eigenvalue weighted by atomic mass is 9.45. The number of hydrogen-bond acceptors (Lipinski definition) is 7. The van der Waals surface area contributed by atoms with Gasteiger partial charge in [0.25, 0.3) is 5.91 Å². The van der Waals surface area contributed by atoms with Crippen molar-refractivity contribution in [1.29, 1.82) is 0 Å². The Balaban J connectivity index is 1.19. The molecule has 46 heavy (non-hydrogen) atoms. The van der Waals surface area contributed by atoms with Crippen LogP contribution in [0, 0.1) is 29.1 Å². The van der Waals surface area contributed by atoms with Gasteiger partial charge in [-0.2, -0.15) is 5.06 Å². The highest BCUT2D eigenvalue weighted by Gasteiger charge is 2.57. The highest BCUT2D eigenvalue weighted by Crippen LogP contribution is 2.61. The molecule has 7 rings (SSSR count). The molecule has 0 aromatic heterocycles. The molecule has 3 aliphatic carbocycles. The average Bonchev–Trinajstić information content (AvgIpc) is 3.67. The monoisotopic (exact) mass is 632 g/mol. The number of amides is 2. The quantitative estimate of drug-likeness (QED) is 0.387. The number of fused-ring (bicyclic) bond motifs is 2. The number of rotatable bonds is 9. The van der Waals surface area contributed by atoms with Crippen molar-refractivity contribution >= 4 is 11.8 Å². The van der Waals surface area contributed by atoms with E-state index >= 15 is 0 Å². The molecule has 2 aliphatic heterocycles. The summed E-state index contributed by atoms with van der Waals surface area (Å²) in [4.78, 5) is 37.7. The Morgan fingerprint density at radius 1 is 1.11 bits per heavy atom. The summed E-state index contributed by atoms with van der Waals surface area (Å²) in [7, 11) is 4.12. The molecular weight excluding hydrogens is 580 g/mol. The van der Waals surface area contributed by atoms with Crippen molar-refractivity contribution in [3.63, 3.8) is 0 Å². The third-order valence-electron chi connectivity index (χ3n) is 12.0. The molecule has 2 heterocycles. The molecule has 3 N–H and O–H groups in total. The van der Waals surface area contributed by atoms with E-state index in [-0.39, 0.29) is 24.5 Å². The molecule has 9 atom stereocenters. The predicted octanol–water partition coefficient (Wildman–Crippen LogP) is 3.79. The van der Waals surface area contributed by atoms with Crippen molar-refractivity contribution in [1.82, 2.24) is 20.2 Å². The Bertz CT molecular complexity index is 1430. The van der Waals surface area contributed by atoms with Crippen LogP contribution in [0.1, 0.15) is 62.9 Å². The molecule has 2 unspecified atom stereocenters. The van der Waals surface area contributed by atoms with Gasteiger partial charge in [0.15, 0.2) is 0 Å². The number of nitrogens with one attached hydrogen (secondary N) is 1. The lowest BCUT2D eigenvalue weighted by Crippen LogP contribution is -2.62. The van der Waals surface area contributed by atoms with Gasteiger partial charge >= 0.3 is 0 Å². The number of likely N-dealkylation sites (tertiary alicyclic amines) is 1. The van der Waals surface area contributed by atoms with Crippen LogP contribution in [0.5, 0.6) is 0 Å². The third kappa shape index (κ3) is 6.13. The number of carbonyl (C=O) groups is 2. The van der Waals surface area contributed by atoms with Crippen molar-refractivity contribution in [2.45, 2.75) is 83.8 Å². The molecule has 0 spiro atoms. The van der Waals surface area contributed by atoms with E-state index in [2.05, 4.69) is 51.1 Å². The zero-order valence-corrected chi connectivity index (χ0v) is 28.2. The minimum Gasteiger partial charge on any atom is -0.394 e. The molecule has 2 aromatic rings. The molecule has 2 aromatic carbocycles. The summed E-state index contributed by atoms with van der Waals surface area (Å²) in [5.41, 5.74) is 3.82. The van der Waals surface area contributed by atoms with Crippen molar-refractivity contribution in [2.75, 3.05) is 33.8 Å². The molecule has 3 saturated carbocycles. The smallest absolute Gasteiger partial charge is 0.253 e. The topological polar surface area (TPSA) is 106 Å². The summed E-state index contributed by atoms with van der Waals surface area (Å²) < 4.78 is 0. The number of nitrogens with zero attached hydrogens (tertiary/aromatic N) is 3. The zero-order valence-electron chi connectivity index (χ0n) is 28.2. The molecule has 2 saturated heterocycles. The van der Waals surface area contributed by atoms with Crippen LogP contribution in [-0.2, 0) is 16.2 Å². The minimum atomic E-state index is -0.843. The molecule has 5 aliphatic rings. The molecule has 250 valence electrons. The second kappa shape index (κ2) is 13.0. The number of hydrogen-bond donors (Lipinski definition) is 3. The van der Waals surface area contributed by atoms with E-state index in [1.54, 1.807) is 12.0 Å². The lowest BCUT2D eigenvalue weighted by molar-refractivity contribution is -0.183. The summed E-state index contributed by atoms with van der Waals surface area (Å²) in [6.45, 7) is 10.1. The van der Waals surface area contributed by atoms with Crippen LogP contribution < -0.4 is 5.32 Å². The zero-order chi connectivity index (χ0) is 32.9. The van der Waals surface area contributed by atoms with E-state index in [9.17, 15) is 19.8 Å². The van der Waals surface area contributed by atoms with Gasteiger partial charge < -0.3 is 25.3 Å². The van der Waals surface area contributed by atoms with Crippen molar-refractivity contribution < 1.29 is 24.6 Å². The number of hydroxylamine groups is 2. The van der Waals surface area contributed by atoms with Gasteiger partial charge in [-0.25, -0.2) is 0 Å². The lowest BCUT2D eigenvalue weighted by Gasteiger charge is -2.62. The van der Waals surface area contributed by atoms with Gasteiger partial charge in [-0.05, 0) is 98.3 Å². The second-order valence-electron chi connectivity index (χ2n) is 15.2. The summed E-state index contributed by atoms with van der Waals surface area (Å²) in [6.07, 6.45) is 1.64. The minimum absolute atomic E-state index is 0.0500. The van der Waals surface area contributed by atoms with Gasteiger partial charge in [0, 0.05) is 36.7 Å². The Kier molecular flexibility index (Phi) is 9.35. The first-order chi connectivity index (χ1) is 21.9. The van der Waals surface area contributed by atoms with Crippen molar-refractivity contribution in [3.05, 3.63) is 59.7 Å². The van der Waals surface area contributed by atoms with Gasteiger partial charge in [-0.1, -0.05) is 51.1 Å². The van der Waals surface area contributed by atoms with E-state index < -0.39 is 24.2 Å². The summed E-state index contributed by atoms with van der Waals surface area (Å²) in [6, 6.07) is 15.5. The molecular formula is C37H52N4O5. The van der Waals surface area contributed by atoms with Crippen LogP contribution in [0.2, 0.25) is 0 Å². The maximum absolute atomic E-state index is 14.0. The van der Waals surface area contributed by atoms with E-state index in [1.807, 2.05) is 47.4 Å². The molecule has 9 nitrogen and oxygen atoms in total. The predicted molar refractivity (Wildman–Crippen MR) is 177 cm³/mol. The van der Waals surface area contributed by atoms with E-state index in [0.29, 0.717) is 41.3 Å². The van der Waals surface area contributed by atoms with Crippen LogP contribution in [0.3, 0.4) is 0 Å². The second-order valence-corrected chi connectivity index (χ2v) is 15.2. The highest BCUT2D eigenvalue weighted by atomic mass is 16.7. The molecule has 2 bridgehead atoms. The Labute approximate surface area is 273 Å². The molecule has 2 amide bonds. The van der Waals surface area contributed by atoms with Crippen LogP contribution in [-0.4, -0.2) is 101 Å². The Morgan fingerprint density at radius 3 is 2.46 bits per heavy atom. The Hall–Kier alpha value is -2.82. The van der Waals surface area contributed by atoms with E-state index in [0.717, 1.165) is 42.6 Å². The standard InChI is InChI=1S/C37H52N4O5/c1-22-30-17-28(37(30,3)4)18-31(22)38-35(44)34-33(23(2)43)32(21-42)46-41(34)19-24-9-7-10-25(15-24)26-11-8-12-27(16-26)36(45)40-14-13-29(20-40)39(5)6/h7-12,15-16,22-23,28-34,42-43H,13-14,17-21H2,1-6H3,(H,38,44)/t22?,23-,28+,29-,30-,31-,32-,33+,34?/m0/s1. The largest absolute Gasteiger partial charge is 0.394 e. The number of likely N-dealkylation sites (N-methyl/N-ethyl adjacent to an activating group) is 1. The first kappa shape index (κ1) is 33.1. The summed E-state index contributed by atoms with van der Waals surface area (Å²) in [5.74, 6) is 0.894. The van der Waals surface area contributed by atoms with Crippen molar-refractivity contribution in [2.24, 2.45) is 29.1 Å². The van der Waals surface area contributed by atoms with Gasteiger partial charge in [0.05, 0.1) is 19.3 Å². The normalized spacial score (nSPS) is 32.8. The van der Waals surface area contributed by atoms with Crippen LogP contribution in [0.25, 0.3) is 11.1 Å². The fourth-order valence-electron chi connectivity index (χ4n) is 8.88. The number of aliphatic hydroxyl groups is 2. The van der Waals surface area contributed by atoms with E-state index in [4.69, 9.17) is 4.84 Å². The van der Waals surface area contributed by atoms with Crippen molar-refractivity contribution in [3.8, 4) is 11.1 Å². The maximum Gasteiger partial charge on any atom is 0.253 e. The van der Waals surface area contributed by atoms with E-state index in [1.165, 1.54) is 6.42 Å². The number of carbonyl (C=O) groups excluding carboxylic acids is 2. The average molecular weight is 633 g/mol. The fraction of sp³-hybridized carbons (Fsp3) is 0.622. The first-order valence-electron chi connectivity index (χ1n) is 17.1. The van der Waals surface area contributed by atoms with Crippen LogP contribution in [0.4, 0.5) is 0 Å². The summed E-state index contributed by atoms with van der Waals surface area (Å²) >= 11 is 0.